The minimum Gasteiger partial charge on any atom is -0.205 e. The van der Waals surface area contributed by atoms with Gasteiger partial charge < -0.3 is 0 Å². The molecule has 170 valence electrons. The molecular weight excluding hydrogens is 388 g/mol. The molecule has 0 saturated carbocycles. The van der Waals surface area contributed by atoms with Gasteiger partial charge in [0, 0.05) is 36.1 Å². The zero-order chi connectivity index (χ0) is 22.8. The van der Waals surface area contributed by atoms with E-state index in [4.69, 9.17) is 0 Å². The van der Waals surface area contributed by atoms with Gasteiger partial charge >= 0.3 is 0 Å². The molecule has 0 atom stereocenters. The smallest absolute Gasteiger partial charge is 0.171 e. The normalized spacial score (nSPS) is 11.1. The Bertz CT molecular complexity index is 913. The van der Waals surface area contributed by atoms with Crippen LogP contribution in [0.2, 0.25) is 0 Å². The second-order valence-corrected chi connectivity index (χ2v) is 9.54. The quantitative estimate of drug-likeness (QED) is 0.235. The van der Waals surface area contributed by atoms with Crippen molar-refractivity contribution < 1.29 is 9.13 Å². The van der Waals surface area contributed by atoms with Gasteiger partial charge in [0.1, 0.15) is 13.1 Å². The highest BCUT2D eigenvalue weighted by atomic mass is 14.9. The monoisotopic (exact) mass is 430 g/mol. The Balaban J connectivity index is 1.31. The summed E-state index contributed by atoms with van der Waals surface area (Å²) in [6, 6.07) is 13.7. The van der Waals surface area contributed by atoms with Gasteiger partial charge in [0.2, 0.25) is 0 Å². The van der Waals surface area contributed by atoms with Gasteiger partial charge in [-0.05, 0) is 88.5 Å². The zero-order valence-corrected chi connectivity index (χ0v) is 20.7. The molecule has 2 nitrogen and oxygen atoms in total. The van der Waals surface area contributed by atoms with Crippen molar-refractivity contribution >= 4 is 0 Å². The minimum atomic E-state index is 1.13. The zero-order valence-electron chi connectivity index (χ0n) is 20.7. The highest BCUT2D eigenvalue weighted by molar-refractivity contribution is 5.23. The molecule has 1 aromatic carbocycles. The highest BCUT2D eigenvalue weighted by Gasteiger charge is 2.05. The number of unbranched alkanes of at least 4 members (excludes halogenated alkanes) is 4. The topological polar surface area (TPSA) is 7.76 Å². The van der Waals surface area contributed by atoms with E-state index in [-0.39, 0.29) is 0 Å². The fourth-order valence-corrected chi connectivity index (χ4v) is 4.28. The van der Waals surface area contributed by atoms with Crippen LogP contribution in [0, 0.1) is 27.7 Å². The summed E-state index contributed by atoms with van der Waals surface area (Å²) in [6.45, 7) is 11.0. The van der Waals surface area contributed by atoms with Crippen molar-refractivity contribution in [2.24, 2.45) is 0 Å². The Labute approximate surface area is 196 Å². The first kappa shape index (κ1) is 24.2. The average molecular weight is 431 g/mol. The molecule has 3 rings (SSSR count). The van der Waals surface area contributed by atoms with E-state index < -0.39 is 0 Å². The van der Waals surface area contributed by atoms with E-state index in [1.165, 1.54) is 84.7 Å². The van der Waals surface area contributed by atoms with Crippen LogP contribution < -0.4 is 9.13 Å². The van der Waals surface area contributed by atoms with Crippen LogP contribution in [0.15, 0.2) is 61.2 Å². The molecule has 0 aliphatic rings. The van der Waals surface area contributed by atoms with Crippen molar-refractivity contribution in [1.82, 2.24) is 0 Å². The number of benzene rings is 1. The number of aryl methyl sites for hydroxylation is 8. The lowest BCUT2D eigenvalue weighted by atomic mass is 10.0. The van der Waals surface area contributed by atoms with Crippen molar-refractivity contribution in [2.45, 2.75) is 92.2 Å². The van der Waals surface area contributed by atoms with Gasteiger partial charge in [-0.1, -0.05) is 24.3 Å². The maximum atomic E-state index is 2.44. The lowest BCUT2D eigenvalue weighted by Crippen LogP contribution is -2.33. The van der Waals surface area contributed by atoms with Crippen molar-refractivity contribution in [3.8, 4) is 0 Å². The molecule has 0 bridgehead atoms. The lowest BCUT2D eigenvalue weighted by molar-refractivity contribution is -0.697. The van der Waals surface area contributed by atoms with Crippen molar-refractivity contribution in [1.29, 1.82) is 0 Å². The molecule has 0 aliphatic heterocycles. The van der Waals surface area contributed by atoms with Gasteiger partial charge in [0.05, 0.1) is 0 Å². The first-order valence-electron chi connectivity index (χ1n) is 12.5. The molecule has 3 aromatic rings. The summed E-state index contributed by atoms with van der Waals surface area (Å²) in [4.78, 5) is 0. The van der Waals surface area contributed by atoms with Crippen molar-refractivity contribution in [2.75, 3.05) is 0 Å². The Morgan fingerprint density at radius 3 is 1.44 bits per heavy atom. The standard InChI is InChI=1S/C30H42N2/c1-25-16-20-31(23-27(25)3)18-9-5-7-12-29-14-11-15-30(22-29)13-8-6-10-19-32-21-17-26(2)28(4)24-32/h11,14-17,20-24H,5-10,12-13,18-19H2,1-4H3/q+2. The molecule has 0 saturated heterocycles. The summed E-state index contributed by atoms with van der Waals surface area (Å²) in [6.07, 6.45) is 19.0. The third kappa shape index (κ3) is 7.89. The first-order valence-corrected chi connectivity index (χ1v) is 12.5. The summed E-state index contributed by atoms with van der Waals surface area (Å²) >= 11 is 0. The first-order chi connectivity index (χ1) is 15.5. The highest BCUT2D eigenvalue weighted by Crippen LogP contribution is 2.13. The summed E-state index contributed by atoms with van der Waals surface area (Å²) in [5.41, 5.74) is 8.53. The van der Waals surface area contributed by atoms with Crippen LogP contribution in [0.4, 0.5) is 0 Å². The molecule has 2 aromatic heterocycles. The van der Waals surface area contributed by atoms with Crippen LogP contribution in [0.25, 0.3) is 0 Å². The number of aromatic nitrogens is 2. The van der Waals surface area contributed by atoms with E-state index in [0.717, 1.165) is 13.1 Å². The van der Waals surface area contributed by atoms with Crippen LogP contribution in [-0.2, 0) is 25.9 Å². The largest absolute Gasteiger partial charge is 0.205 e. The van der Waals surface area contributed by atoms with Crippen LogP contribution in [0.1, 0.15) is 71.9 Å². The molecule has 32 heavy (non-hydrogen) atoms. The van der Waals surface area contributed by atoms with Crippen LogP contribution in [0.5, 0.6) is 0 Å². The Kier molecular flexibility index (Phi) is 9.46. The molecule has 0 radical (unpaired) electrons. The Morgan fingerprint density at radius 1 is 0.531 bits per heavy atom. The van der Waals surface area contributed by atoms with Gasteiger partial charge in [-0.2, -0.15) is 0 Å². The lowest BCUT2D eigenvalue weighted by Gasteiger charge is -2.06. The Hall–Kier alpha value is -2.48. The summed E-state index contributed by atoms with van der Waals surface area (Å²) in [7, 11) is 0. The predicted octanol–water partition coefficient (Wildman–Crippen LogP) is 6.32. The van der Waals surface area contributed by atoms with E-state index in [1.54, 1.807) is 0 Å². The second kappa shape index (κ2) is 12.5. The fourth-order valence-electron chi connectivity index (χ4n) is 4.28. The molecule has 0 unspecified atom stereocenters. The molecule has 0 spiro atoms. The van der Waals surface area contributed by atoms with E-state index in [2.05, 4.69) is 98.0 Å². The number of hydrogen-bond donors (Lipinski definition) is 0. The number of hydrogen-bond acceptors (Lipinski definition) is 0. The minimum absolute atomic E-state index is 1.13. The number of pyridine rings is 2. The summed E-state index contributed by atoms with van der Waals surface area (Å²) in [5, 5.41) is 0. The maximum absolute atomic E-state index is 2.44. The molecule has 2 heteroatoms. The van der Waals surface area contributed by atoms with Gasteiger partial charge in [0.25, 0.3) is 0 Å². The summed E-state index contributed by atoms with van der Waals surface area (Å²) < 4.78 is 4.67. The molecular formula is C30H42N2+2. The van der Waals surface area contributed by atoms with Gasteiger partial charge in [-0.25, -0.2) is 9.13 Å². The Morgan fingerprint density at radius 2 is 1.00 bits per heavy atom. The SMILES string of the molecule is Cc1cc[n+](CCCCCc2cccc(CCCCC[n+]3ccc(C)c(C)c3)c2)cc1C. The third-order valence-electron chi connectivity index (χ3n) is 6.75. The molecule has 2 heterocycles. The van der Waals surface area contributed by atoms with E-state index in [0.29, 0.717) is 0 Å². The fraction of sp³-hybridized carbons (Fsp3) is 0.467. The molecule has 0 N–H and O–H groups in total. The van der Waals surface area contributed by atoms with Gasteiger partial charge in [-0.15, -0.1) is 0 Å². The molecule has 0 aliphatic carbocycles. The average Bonchev–Trinajstić information content (AvgIpc) is 2.78. The van der Waals surface area contributed by atoms with Crippen molar-refractivity contribution in [3.05, 3.63) is 94.6 Å². The van der Waals surface area contributed by atoms with E-state index in [9.17, 15) is 0 Å². The van der Waals surface area contributed by atoms with Gasteiger partial charge in [-0.3, -0.25) is 0 Å². The predicted molar refractivity (Wildman–Crippen MR) is 134 cm³/mol. The maximum Gasteiger partial charge on any atom is 0.171 e. The number of rotatable bonds is 12. The second-order valence-electron chi connectivity index (χ2n) is 9.54. The number of nitrogens with zero attached hydrogens (tertiary/aromatic N) is 2. The van der Waals surface area contributed by atoms with E-state index >= 15 is 0 Å². The van der Waals surface area contributed by atoms with Crippen LogP contribution in [0.3, 0.4) is 0 Å². The molecule has 0 fully saturated rings. The molecule has 0 amide bonds. The van der Waals surface area contributed by atoms with Gasteiger partial charge in [0.15, 0.2) is 24.8 Å². The third-order valence-corrected chi connectivity index (χ3v) is 6.75. The van der Waals surface area contributed by atoms with E-state index in [1.807, 2.05) is 0 Å². The summed E-state index contributed by atoms with van der Waals surface area (Å²) in [5.74, 6) is 0. The van der Waals surface area contributed by atoms with Crippen LogP contribution >= 0.6 is 0 Å². The van der Waals surface area contributed by atoms with Crippen molar-refractivity contribution in [3.63, 3.8) is 0 Å². The van der Waals surface area contributed by atoms with Crippen LogP contribution in [-0.4, -0.2) is 0 Å².